The molecule has 88 valence electrons. The van der Waals surface area contributed by atoms with Gasteiger partial charge < -0.3 is 25.2 Å². The number of ether oxygens (including phenoxy) is 2. The van der Waals surface area contributed by atoms with Gasteiger partial charge in [0.05, 0.1) is 25.9 Å². The molecule has 6 nitrogen and oxygen atoms in total. The van der Waals surface area contributed by atoms with Crippen LogP contribution >= 0.6 is 0 Å². The van der Waals surface area contributed by atoms with Crippen molar-refractivity contribution in [2.75, 3.05) is 39.5 Å². The Balaban J connectivity index is 2.15. The second-order valence-electron chi connectivity index (χ2n) is 3.44. The number of hydrogen-bond donors (Lipinski definition) is 2. The van der Waals surface area contributed by atoms with Crippen molar-refractivity contribution in [2.45, 2.75) is 12.5 Å². The molecule has 0 radical (unpaired) electrons. The van der Waals surface area contributed by atoms with E-state index < -0.39 is 6.09 Å². The monoisotopic (exact) mass is 218 g/mol. The number of amides is 1. The molecule has 0 aromatic heterocycles. The summed E-state index contributed by atoms with van der Waals surface area (Å²) in [7, 11) is 0. The van der Waals surface area contributed by atoms with Crippen molar-refractivity contribution in [3.63, 3.8) is 0 Å². The van der Waals surface area contributed by atoms with Gasteiger partial charge in [0.15, 0.2) is 0 Å². The first-order valence-electron chi connectivity index (χ1n) is 5.11. The van der Waals surface area contributed by atoms with E-state index in [0.717, 1.165) is 6.42 Å². The van der Waals surface area contributed by atoms with E-state index in [4.69, 9.17) is 20.3 Å². The number of nitrogens with zero attached hydrogens (tertiary/aromatic N) is 1. The lowest BCUT2D eigenvalue weighted by Crippen LogP contribution is -2.46. The number of hydrogen-bond acceptors (Lipinski definition) is 4. The Hall–Kier alpha value is -0.850. The second kappa shape index (κ2) is 6.60. The summed E-state index contributed by atoms with van der Waals surface area (Å²) in [4.78, 5) is 12.0. The van der Waals surface area contributed by atoms with E-state index in [-0.39, 0.29) is 6.10 Å². The fourth-order valence-electron chi connectivity index (χ4n) is 1.39. The maximum Gasteiger partial charge on any atom is 0.407 e. The van der Waals surface area contributed by atoms with Gasteiger partial charge in [-0.15, -0.1) is 0 Å². The highest BCUT2D eigenvalue weighted by atomic mass is 16.5. The summed E-state index contributed by atoms with van der Waals surface area (Å²) in [6.45, 7) is 2.91. The minimum absolute atomic E-state index is 0.146. The molecule has 3 N–H and O–H groups in total. The Morgan fingerprint density at radius 2 is 2.47 bits per heavy atom. The van der Waals surface area contributed by atoms with Crippen LogP contribution in [0.15, 0.2) is 0 Å². The zero-order chi connectivity index (χ0) is 11.1. The number of carbonyl (C=O) groups is 1. The molecule has 6 heteroatoms. The first-order chi connectivity index (χ1) is 7.24. The highest BCUT2D eigenvalue weighted by molar-refractivity contribution is 5.65. The van der Waals surface area contributed by atoms with Gasteiger partial charge in [-0.05, 0) is 13.0 Å². The summed E-state index contributed by atoms with van der Waals surface area (Å²) in [6.07, 6.45) is -0.229. The molecule has 0 aromatic carbocycles. The Labute approximate surface area is 88.9 Å². The normalized spacial score (nSPS) is 21.7. The van der Waals surface area contributed by atoms with Crippen molar-refractivity contribution in [2.24, 2.45) is 5.73 Å². The summed E-state index contributed by atoms with van der Waals surface area (Å²) < 4.78 is 10.7. The van der Waals surface area contributed by atoms with E-state index in [9.17, 15) is 4.79 Å². The molecular weight excluding hydrogens is 200 g/mol. The minimum Gasteiger partial charge on any atom is -0.465 e. The Bertz CT molecular complexity index is 201. The van der Waals surface area contributed by atoms with Gasteiger partial charge in [0, 0.05) is 13.2 Å². The molecule has 15 heavy (non-hydrogen) atoms. The molecule has 0 unspecified atom stereocenters. The van der Waals surface area contributed by atoms with Crippen LogP contribution in [0.1, 0.15) is 6.42 Å². The molecule has 1 heterocycles. The lowest BCUT2D eigenvalue weighted by Gasteiger charge is -2.30. The highest BCUT2D eigenvalue weighted by Gasteiger charge is 2.23. The van der Waals surface area contributed by atoms with Gasteiger partial charge in [0.25, 0.3) is 0 Å². The van der Waals surface area contributed by atoms with Gasteiger partial charge in [0.1, 0.15) is 0 Å². The van der Waals surface area contributed by atoms with Crippen LogP contribution in [0.2, 0.25) is 0 Å². The van der Waals surface area contributed by atoms with Gasteiger partial charge >= 0.3 is 6.09 Å². The standard InChI is InChI=1S/C9H18N2O4/c10-2-1-4-14-7-8-6-11(9(12)13)3-5-15-8/h8H,1-7,10H2,(H,12,13)/t8-/m1/s1. The van der Waals surface area contributed by atoms with Crippen LogP contribution in [0.4, 0.5) is 4.79 Å². The summed E-state index contributed by atoms with van der Waals surface area (Å²) >= 11 is 0. The van der Waals surface area contributed by atoms with Gasteiger partial charge in [-0.2, -0.15) is 0 Å². The second-order valence-corrected chi connectivity index (χ2v) is 3.44. The molecule has 0 aromatic rings. The van der Waals surface area contributed by atoms with Crippen LogP contribution < -0.4 is 5.73 Å². The maximum absolute atomic E-state index is 10.7. The van der Waals surface area contributed by atoms with Crippen LogP contribution in [0.5, 0.6) is 0 Å². The van der Waals surface area contributed by atoms with Crippen LogP contribution in [-0.4, -0.2) is 61.7 Å². The topological polar surface area (TPSA) is 85.0 Å². The number of nitrogens with two attached hydrogens (primary N) is 1. The predicted octanol–water partition coefficient (Wildman–Crippen LogP) is -0.269. The first-order valence-corrected chi connectivity index (χ1v) is 5.11. The van der Waals surface area contributed by atoms with E-state index in [0.29, 0.717) is 39.5 Å². The molecule has 0 spiro atoms. The quantitative estimate of drug-likeness (QED) is 0.620. The van der Waals surface area contributed by atoms with Crippen molar-refractivity contribution >= 4 is 6.09 Å². The van der Waals surface area contributed by atoms with Crippen molar-refractivity contribution in [3.8, 4) is 0 Å². The molecule has 1 atom stereocenters. The molecule has 1 saturated heterocycles. The Morgan fingerprint density at radius 3 is 3.13 bits per heavy atom. The molecule has 1 amide bonds. The van der Waals surface area contributed by atoms with Gasteiger partial charge in [0.2, 0.25) is 0 Å². The van der Waals surface area contributed by atoms with Crippen LogP contribution in [0, 0.1) is 0 Å². The summed E-state index contributed by atoms with van der Waals surface area (Å²) in [5.41, 5.74) is 5.31. The zero-order valence-corrected chi connectivity index (χ0v) is 8.72. The van der Waals surface area contributed by atoms with Crippen LogP contribution in [0.3, 0.4) is 0 Å². The van der Waals surface area contributed by atoms with Crippen LogP contribution in [-0.2, 0) is 9.47 Å². The molecule has 0 bridgehead atoms. The molecule has 1 fully saturated rings. The number of carboxylic acid groups (broad SMARTS) is 1. The zero-order valence-electron chi connectivity index (χ0n) is 8.72. The maximum atomic E-state index is 10.7. The lowest BCUT2D eigenvalue weighted by molar-refractivity contribution is -0.0629. The van der Waals surface area contributed by atoms with E-state index in [1.807, 2.05) is 0 Å². The first kappa shape index (κ1) is 12.2. The van der Waals surface area contributed by atoms with Gasteiger partial charge in [-0.3, -0.25) is 0 Å². The molecule has 1 rings (SSSR count). The fourth-order valence-corrected chi connectivity index (χ4v) is 1.39. The largest absolute Gasteiger partial charge is 0.465 e. The lowest BCUT2D eigenvalue weighted by atomic mass is 10.3. The highest BCUT2D eigenvalue weighted by Crippen LogP contribution is 2.05. The number of rotatable bonds is 5. The average Bonchev–Trinajstić information content (AvgIpc) is 2.25. The van der Waals surface area contributed by atoms with Crippen molar-refractivity contribution in [1.82, 2.24) is 4.90 Å². The smallest absolute Gasteiger partial charge is 0.407 e. The van der Waals surface area contributed by atoms with E-state index in [1.165, 1.54) is 4.90 Å². The van der Waals surface area contributed by atoms with Crippen molar-refractivity contribution < 1.29 is 19.4 Å². The Kier molecular flexibility index (Phi) is 5.38. The summed E-state index contributed by atoms with van der Waals surface area (Å²) in [5.74, 6) is 0. The fraction of sp³-hybridized carbons (Fsp3) is 0.889. The summed E-state index contributed by atoms with van der Waals surface area (Å²) in [5, 5.41) is 8.78. The van der Waals surface area contributed by atoms with E-state index in [1.54, 1.807) is 0 Å². The average molecular weight is 218 g/mol. The third-order valence-corrected chi connectivity index (χ3v) is 2.21. The SMILES string of the molecule is NCCCOC[C@H]1CN(C(=O)O)CCO1. The summed E-state index contributed by atoms with van der Waals surface area (Å²) in [6, 6.07) is 0. The molecule has 0 aliphatic carbocycles. The minimum atomic E-state index is -0.898. The van der Waals surface area contributed by atoms with Crippen LogP contribution in [0.25, 0.3) is 0 Å². The third kappa shape index (κ3) is 4.46. The van der Waals surface area contributed by atoms with E-state index >= 15 is 0 Å². The van der Waals surface area contributed by atoms with Gasteiger partial charge in [-0.1, -0.05) is 0 Å². The predicted molar refractivity (Wildman–Crippen MR) is 53.8 cm³/mol. The van der Waals surface area contributed by atoms with Crippen molar-refractivity contribution in [3.05, 3.63) is 0 Å². The molecule has 0 saturated carbocycles. The Morgan fingerprint density at radius 1 is 1.67 bits per heavy atom. The van der Waals surface area contributed by atoms with Crippen molar-refractivity contribution in [1.29, 1.82) is 0 Å². The molecule has 1 aliphatic rings. The molecular formula is C9H18N2O4. The third-order valence-electron chi connectivity index (χ3n) is 2.21. The van der Waals surface area contributed by atoms with Gasteiger partial charge in [-0.25, -0.2) is 4.79 Å². The molecule has 1 aliphatic heterocycles. The number of morpholine rings is 1. The van der Waals surface area contributed by atoms with E-state index in [2.05, 4.69) is 0 Å².